The second-order valence-corrected chi connectivity index (χ2v) is 4.63. The van der Waals surface area contributed by atoms with Gasteiger partial charge in [-0.2, -0.15) is 5.10 Å². The number of benzene rings is 2. The van der Waals surface area contributed by atoms with Gasteiger partial charge in [-0.25, -0.2) is 10.2 Å². The van der Waals surface area contributed by atoms with E-state index in [9.17, 15) is 4.79 Å². The normalized spacial score (nSPS) is 10.5. The number of primary amides is 1. The fraction of sp³-hybridized carbons (Fsp3) is 0.0667. The molecule has 0 unspecified atom stereocenters. The van der Waals surface area contributed by atoms with Crippen LogP contribution >= 0.6 is 11.6 Å². The summed E-state index contributed by atoms with van der Waals surface area (Å²) >= 11 is 5.93. The summed E-state index contributed by atoms with van der Waals surface area (Å²) in [5.41, 5.74) is 8.77. The van der Waals surface area contributed by atoms with E-state index in [1.165, 1.54) is 6.21 Å². The SMILES string of the molecule is NC(=O)N/N=C\c1ccccc1OCc1cccc(Cl)c1. The average Bonchev–Trinajstić information content (AvgIpc) is 2.46. The number of hydrazone groups is 1. The number of hydrogen-bond acceptors (Lipinski definition) is 3. The van der Waals surface area contributed by atoms with E-state index in [0.717, 1.165) is 11.1 Å². The van der Waals surface area contributed by atoms with Crippen LogP contribution in [0.5, 0.6) is 5.75 Å². The second kappa shape index (κ2) is 7.31. The standard InChI is InChI=1S/C15H14ClN3O2/c16-13-6-3-4-11(8-13)10-21-14-7-2-1-5-12(14)9-18-19-15(17)20/h1-9H,10H2,(H3,17,19,20)/b18-9-. The lowest BCUT2D eigenvalue weighted by molar-refractivity contribution is 0.249. The van der Waals surface area contributed by atoms with Crippen LogP contribution in [0.25, 0.3) is 0 Å². The first-order chi connectivity index (χ1) is 10.1. The number of carbonyl (C=O) groups excluding carboxylic acids is 1. The van der Waals surface area contributed by atoms with Crippen LogP contribution in [0.4, 0.5) is 4.79 Å². The number of ether oxygens (including phenoxy) is 1. The molecular weight excluding hydrogens is 290 g/mol. The molecule has 0 aliphatic heterocycles. The molecule has 0 bridgehead atoms. The highest BCUT2D eigenvalue weighted by molar-refractivity contribution is 6.30. The van der Waals surface area contributed by atoms with Gasteiger partial charge in [-0.15, -0.1) is 0 Å². The van der Waals surface area contributed by atoms with Gasteiger partial charge in [0.15, 0.2) is 0 Å². The number of halogens is 1. The monoisotopic (exact) mass is 303 g/mol. The number of rotatable bonds is 5. The Morgan fingerprint density at radius 2 is 2.10 bits per heavy atom. The van der Waals surface area contributed by atoms with Crippen LogP contribution in [-0.4, -0.2) is 12.2 Å². The quantitative estimate of drug-likeness (QED) is 0.658. The molecule has 5 nitrogen and oxygen atoms in total. The first kappa shape index (κ1) is 14.9. The zero-order valence-corrected chi connectivity index (χ0v) is 11.9. The van der Waals surface area contributed by atoms with Gasteiger partial charge >= 0.3 is 6.03 Å². The van der Waals surface area contributed by atoms with Crippen molar-refractivity contribution in [3.63, 3.8) is 0 Å². The maximum absolute atomic E-state index is 10.6. The molecule has 2 aromatic carbocycles. The number of nitrogens with zero attached hydrogens (tertiary/aromatic N) is 1. The summed E-state index contributed by atoms with van der Waals surface area (Å²) in [5, 5.41) is 4.38. The van der Waals surface area contributed by atoms with Gasteiger partial charge in [0.25, 0.3) is 0 Å². The number of amides is 2. The summed E-state index contributed by atoms with van der Waals surface area (Å²) in [6.07, 6.45) is 1.47. The Kier molecular flexibility index (Phi) is 5.17. The average molecular weight is 304 g/mol. The maximum Gasteiger partial charge on any atom is 0.332 e. The molecule has 0 aromatic heterocycles. The molecule has 0 saturated carbocycles. The maximum atomic E-state index is 10.6. The van der Waals surface area contributed by atoms with E-state index >= 15 is 0 Å². The number of nitrogens with one attached hydrogen (secondary N) is 1. The third kappa shape index (κ3) is 4.81. The molecule has 2 rings (SSSR count). The van der Waals surface area contributed by atoms with E-state index in [0.29, 0.717) is 17.4 Å². The molecule has 108 valence electrons. The summed E-state index contributed by atoms with van der Waals surface area (Å²) in [7, 11) is 0. The van der Waals surface area contributed by atoms with Crippen LogP contribution in [0.1, 0.15) is 11.1 Å². The molecule has 2 amide bonds. The van der Waals surface area contributed by atoms with Crippen molar-refractivity contribution < 1.29 is 9.53 Å². The molecule has 6 heteroatoms. The van der Waals surface area contributed by atoms with E-state index in [1.807, 2.05) is 42.5 Å². The summed E-state index contributed by atoms with van der Waals surface area (Å²) < 4.78 is 5.74. The van der Waals surface area contributed by atoms with Gasteiger partial charge in [-0.1, -0.05) is 35.9 Å². The molecule has 2 aromatic rings. The van der Waals surface area contributed by atoms with E-state index in [4.69, 9.17) is 22.1 Å². The Morgan fingerprint density at radius 3 is 2.86 bits per heavy atom. The first-order valence-corrected chi connectivity index (χ1v) is 6.58. The van der Waals surface area contributed by atoms with Crippen LogP contribution < -0.4 is 15.9 Å². The molecule has 0 aliphatic rings. The minimum atomic E-state index is -0.719. The molecule has 3 N–H and O–H groups in total. The summed E-state index contributed by atoms with van der Waals surface area (Å²) in [5.74, 6) is 0.646. The topological polar surface area (TPSA) is 76.7 Å². The van der Waals surface area contributed by atoms with Crippen molar-refractivity contribution in [2.75, 3.05) is 0 Å². The zero-order chi connectivity index (χ0) is 15.1. The van der Waals surface area contributed by atoms with Gasteiger partial charge in [-0.3, -0.25) is 0 Å². The zero-order valence-electron chi connectivity index (χ0n) is 11.1. The number of nitrogens with two attached hydrogens (primary N) is 1. The van der Waals surface area contributed by atoms with Crippen LogP contribution in [-0.2, 0) is 6.61 Å². The number of para-hydroxylation sites is 1. The smallest absolute Gasteiger partial charge is 0.332 e. The van der Waals surface area contributed by atoms with Gasteiger partial charge in [0, 0.05) is 10.6 Å². The molecule has 21 heavy (non-hydrogen) atoms. The van der Waals surface area contributed by atoms with Crippen molar-refractivity contribution in [2.45, 2.75) is 6.61 Å². The van der Waals surface area contributed by atoms with E-state index < -0.39 is 6.03 Å². The lowest BCUT2D eigenvalue weighted by Crippen LogP contribution is -2.24. The second-order valence-electron chi connectivity index (χ2n) is 4.19. The Morgan fingerprint density at radius 1 is 1.29 bits per heavy atom. The van der Waals surface area contributed by atoms with Gasteiger partial charge in [0.2, 0.25) is 0 Å². The molecule has 0 aliphatic carbocycles. The van der Waals surface area contributed by atoms with E-state index in [1.54, 1.807) is 6.07 Å². The molecule has 0 heterocycles. The number of urea groups is 1. The highest BCUT2D eigenvalue weighted by Gasteiger charge is 2.02. The van der Waals surface area contributed by atoms with Crippen molar-refractivity contribution in [1.29, 1.82) is 0 Å². The summed E-state index contributed by atoms with van der Waals surface area (Å²) in [6, 6.07) is 14.1. The van der Waals surface area contributed by atoms with Crippen molar-refractivity contribution in [2.24, 2.45) is 10.8 Å². The third-order valence-corrected chi connectivity index (χ3v) is 2.82. The third-order valence-electron chi connectivity index (χ3n) is 2.58. The molecule has 0 fully saturated rings. The van der Waals surface area contributed by atoms with Crippen LogP contribution in [0.2, 0.25) is 5.02 Å². The molecule has 0 saturated heterocycles. The van der Waals surface area contributed by atoms with Crippen LogP contribution in [0, 0.1) is 0 Å². The summed E-state index contributed by atoms with van der Waals surface area (Å²) in [4.78, 5) is 10.6. The largest absolute Gasteiger partial charge is 0.488 e. The highest BCUT2D eigenvalue weighted by atomic mass is 35.5. The Hall–Kier alpha value is -2.53. The molecular formula is C15H14ClN3O2. The minimum absolute atomic E-state index is 0.384. The van der Waals surface area contributed by atoms with Crippen molar-refractivity contribution in [1.82, 2.24) is 5.43 Å². The van der Waals surface area contributed by atoms with Gasteiger partial charge < -0.3 is 10.5 Å². The lowest BCUT2D eigenvalue weighted by atomic mass is 10.2. The van der Waals surface area contributed by atoms with Crippen molar-refractivity contribution in [3.8, 4) is 5.75 Å². The van der Waals surface area contributed by atoms with Crippen molar-refractivity contribution >= 4 is 23.8 Å². The van der Waals surface area contributed by atoms with Gasteiger partial charge in [0.05, 0.1) is 6.21 Å². The molecule has 0 radical (unpaired) electrons. The van der Waals surface area contributed by atoms with E-state index in [-0.39, 0.29) is 0 Å². The fourth-order valence-electron chi connectivity index (χ4n) is 1.67. The Balaban J connectivity index is 2.06. The van der Waals surface area contributed by atoms with Crippen molar-refractivity contribution in [3.05, 3.63) is 64.7 Å². The molecule has 0 atom stereocenters. The summed E-state index contributed by atoms with van der Waals surface area (Å²) in [6.45, 7) is 0.384. The Bertz CT molecular complexity index is 659. The highest BCUT2D eigenvalue weighted by Crippen LogP contribution is 2.18. The Labute approximate surface area is 127 Å². The fourth-order valence-corrected chi connectivity index (χ4v) is 1.88. The molecule has 0 spiro atoms. The number of carbonyl (C=O) groups is 1. The predicted molar refractivity (Wildman–Crippen MR) is 82.5 cm³/mol. The van der Waals surface area contributed by atoms with Gasteiger partial charge in [-0.05, 0) is 29.8 Å². The number of hydrogen-bond donors (Lipinski definition) is 2. The van der Waals surface area contributed by atoms with Crippen LogP contribution in [0.3, 0.4) is 0 Å². The predicted octanol–water partition coefficient (Wildman–Crippen LogP) is 2.92. The first-order valence-electron chi connectivity index (χ1n) is 6.20. The van der Waals surface area contributed by atoms with Crippen LogP contribution in [0.15, 0.2) is 53.6 Å². The van der Waals surface area contributed by atoms with Gasteiger partial charge in [0.1, 0.15) is 12.4 Å². The lowest BCUT2D eigenvalue weighted by Gasteiger charge is -2.09. The van der Waals surface area contributed by atoms with E-state index in [2.05, 4.69) is 10.5 Å². The minimum Gasteiger partial charge on any atom is -0.488 e.